The van der Waals surface area contributed by atoms with Gasteiger partial charge in [-0.25, -0.2) is 4.79 Å². The lowest BCUT2D eigenvalue weighted by atomic mass is 9.92. The number of carbonyl (C=O) groups is 1. The molecule has 4 heteroatoms. The number of amides is 2. The molecule has 0 aromatic heterocycles. The van der Waals surface area contributed by atoms with Gasteiger partial charge in [-0.2, -0.15) is 0 Å². The van der Waals surface area contributed by atoms with Crippen molar-refractivity contribution in [3.8, 4) is 0 Å². The minimum Gasteiger partial charge on any atom is -0.317 e. The van der Waals surface area contributed by atoms with E-state index in [1.807, 2.05) is 23.1 Å². The summed E-state index contributed by atoms with van der Waals surface area (Å²) in [5.41, 5.74) is 2.12. The number of para-hydroxylation sites is 1. The Hall–Kier alpha value is -1.22. The van der Waals surface area contributed by atoms with Gasteiger partial charge < -0.3 is 10.2 Å². The monoisotopic (exact) mass is 236 g/mol. The van der Waals surface area contributed by atoms with Crippen LogP contribution in [0.1, 0.15) is 24.4 Å². The summed E-state index contributed by atoms with van der Waals surface area (Å²) in [4.78, 5) is 13.8. The van der Waals surface area contributed by atoms with Gasteiger partial charge in [-0.05, 0) is 24.5 Å². The van der Waals surface area contributed by atoms with Crippen molar-refractivity contribution in [2.45, 2.75) is 24.3 Å². The van der Waals surface area contributed by atoms with Gasteiger partial charge in [-0.3, -0.25) is 0 Å². The number of anilines is 1. The van der Waals surface area contributed by atoms with Gasteiger partial charge >= 0.3 is 6.03 Å². The molecular formula is C12H13ClN2O. The largest absolute Gasteiger partial charge is 0.322 e. The third kappa shape index (κ3) is 1.47. The fourth-order valence-electron chi connectivity index (χ4n) is 2.55. The maximum absolute atomic E-state index is 11.9. The summed E-state index contributed by atoms with van der Waals surface area (Å²) in [6.45, 7) is 0.749. The molecule has 1 unspecified atom stereocenters. The molecule has 0 spiro atoms. The van der Waals surface area contributed by atoms with Gasteiger partial charge in [0.25, 0.3) is 0 Å². The van der Waals surface area contributed by atoms with E-state index in [0.717, 1.165) is 25.1 Å². The highest BCUT2D eigenvalue weighted by Crippen LogP contribution is 2.39. The zero-order chi connectivity index (χ0) is 11.1. The number of halogens is 1. The molecule has 2 aliphatic rings. The van der Waals surface area contributed by atoms with Crippen molar-refractivity contribution in [2.24, 2.45) is 0 Å². The Balaban J connectivity index is 2.03. The van der Waals surface area contributed by atoms with E-state index < -0.39 is 0 Å². The van der Waals surface area contributed by atoms with Crippen LogP contribution in [-0.4, -0.2) is 22.9 Å². The lowest BCUT2D eigenvalue weighted by Crippen LogP contribution is -2.46. The Labute approximate surface area is 99.4 Å². The van der Waals surface area contributed by atoms with E-state index in [9.17, 15) is 4.79 Å². The van der Waals surface area contributed by atoms with Crippen LogP contribution in [0, 0.1) is 0 Å². The topological polar surface area (TPSA) is 32.3 Å². The van der Waals surface area contributed by atoms with Gasteiger partial charge in [-0.1, -0.05) is 18.2 Å². The van der Waals surface area contributed by atoms with Crippen molar-refractivity contribution >= 4 is 23.3 Å². The van der Waals surface area contributed by atoms with Crippen molar-refractivity contribution in [2.75, 3.05) is 11.9 Å². The lowest BCUT2D eigenvalue weighted by Gasteiger charge is -2.41. The minimum absolute atomic E-state index is 0.00673. The van der Waals surface area contributed by atoms with Crippen molar-refractivity contribution in [1.29, 1.82) is 0 Å². The van der Waals surface area contributed by atoms with E-state index in [4.69, 9.17) is 11.6 Å². The van der Waals surface area contributed by atoms with E-state index in [0.29, 0.717) is 0 Å². The number of alkyl halides is 1. The average Bonchev–Trinajstić information content (AvgIpc) is 2.29. The van der Waals surface area contributed by atoms with Crippen LogP contribution in [0.4, 0.5) is 10.5 Å². The fraction of sp³-hybridized carbons (Fsp3) is 0.417. The molecule has 1 N–H and O–H groups in total. The number of fused-ring (bicyclic) bond motifs is 3. The second-order valence-corrected chi connectivity index (χ2v) is 4.97. The number of carbonyl (C=O) groups excluding carboxylic acids is 1. The Morgan fingerprint density at radius 1 is 1.38 bits per heavy atom. The molecule has 2 atom stereocenters. The van der Waals surface area contributed by atoms with Crippen LogP contribution in [0.15, 0.2) is 24.3 Å². The van der Waals surface area contributed by atoms with Crippen molar-refractivity contribution in [1.82, 2.24) is 4.90 Å². The summed E-state index contributed by atoms with van der Waals surface area (Å²) in [6, 6.07) is 8.12. The lowest BCUT2D eigenvalue weighted by molar-refractivity contribution is 0.161. The normalized spacial score (nSPS) is 28.1. The zero-order valence-corrected chi connectivity index (χ0v) is 9.57. The molecule has 2 aliphatic heterocycles. The molecule has 2 amide bonds. The van der Waals surface area contributed by atoms with Gasteiger partial charge in [0.2, 0.25) is 0 Å². The minimum atomic E-state index is 0.00673. The van der Waals surface area contributed by atoms with Crippen LogP contribution >= 0.6 is 11.6 Å². The first-order valence-corrected chi connectivity index (χ1v) is 6.00. The molecule has 1 aromatic carbocycles. The highest BCUT2D eigenvalue weighted by molar-refractivity contribution is 6.20. The first kappa shape index (κ1) is 9.97. The third-order valence-electron chi connectivity index (χ3n) is 3.36. The van der Waals surface area contributed by atoms with E-state index >= 15 is 0 Å². The fourth-order valence-corrected chi connectivity index (χ4v) is 2.82. The molecule has 0 saturated carbocycles. The number of benzene rings is 1. The molecule has 1 saturated heterocycles. The molecular weight excluding hydrogens is 224 g/mol. The van der Waals surface area contributed by atoms with Crippen LogP contribution in [0.3, 0.4) is 0 Å². The van der Waals surface area contributed by atoms with Crippen LogP contribution < -0.4 is 5.32 Å². The second kappa shape index (κ2) is 3.67. The average molecular weight is 237 g/mol. The smallest absolute Gasteiger partial charge is 0.317 e. The number of urea groups is 1. The predicted molar refractivity (Wildman–Crippen MR) is 63.8 cm³/mol. The summed E-state index contributed by atoms with van der Waals surface area (Å²) in [5, 5.41) is 3.10. The number of nitrogens with one attached hydrogen (secondary N) is 1. The molecule has 3 rings (SSSR count). The van der Waals surface area contributed by atoms with E-state index in [1.165, 1.54) is 5.56 Å². The van der Waals surface area contributed by atoms with Gasteiger partial charge in [0.1, 0.15) is 0 Å². The van der Waals surface area contributed by atoms with Crippen molar-refractivity contribution in [3.63, 3.8) is 0 Å². The summed E-state index contributed by atoms with van der Waals surface area (Å²) in [5.74, 6) is 0. The second-order valence-electron chi connectivity index (χ2n) is 4.35. The molecule has 16 heavy (non-hydrogen) atoms. The standard InChI is InChI=1S/C12H13ClN2O/c13-8-5-6-15-11(7-8)9-3-1-2-4-10(9)14-12(15)16/h1-4,8,11H,5-7H2,(H,14,16)/t8?,11-/m0/s1. The van der Waals surface area contributed by atoms with Crippen LogP contribution in [0.2, 0.25) is 0 Å². The molecule has 2 heterocycles. The van der Waals surface area contributed by atoms with Gasteiger partial charge in [0.15, 0.2) is 0 Å². The summed E-state index contributed by atoms with van der Waals surface area (Å²) in [7, 11) is 0. The first-order chi connectivity index (χ1) is 7.75. The zero-order valence-electron chi connectivity index (χ0n) is 8.82. The first-order valence-electron chi connectivity index (χ1n) is 5.56. The van der Waals surface area contributed by atoms with Gasteiger partial charge in [0, 0.05) is 17.6 Å². The Morgan fingerprint density at radius 3 is 3.06 bits per heavy atom. The predicted octanol–water partition coefficient (Wildman–Crippen LogP) is 2.98. The maximum atomic E-state index is 11.9. The number of rotatable bonds is 0. The Kier molecular flexibility index (Phi) is 2.28. The van der Waals surface area contributed by atoms with Gasteiger partial charge in [0.05, 0.1) is 6.04 Å². The summed E-state index contributed by atoms with van der Waals surface area (Å²) in [6.07, 6.45) is 1.74. The molecule has 1 fully saturated rings. The SMILES string of the molecule is O=C1Nc2ccccc2[C@@H]2CC(Cl)CCN12. The number of hydrogen-bond donors (Lipinski definition) is 1. The highest BCUT2D eigenvalue weighted by Gasteiger charge is 2.36. The molecule has 0 bridgehead atoms. The van der Waals surface area contributed by atoms with E-state index in [-0.39, 0.29) is 17.5 Å². The quantitative estimate of drug-likeness (QED) is 0.690. The molecule has 0 radical (unpaired) electrons. The van der Waals surface area contributed by atoms with Crippen LogP contribution in [-0.2, 0) is 0 Å². The van der Waals surface area contributed by atoms with E-state index in [2.05, 4.69) is 11.4 Å². The maximum Gasteiger partial charge on any atom is 0.322 e. The molecule has 1 aromatic rings. The Morgan fingerprint density at radius 2 is 2.19 bits per heavy atom. The van der Waals surface area contributed by atoms with Crippen molar-refractivity contribution < 1.29 is 4.79 Å². The number of hydrogen-bond acceptors (Lipinski definition) is 1. The van der Waals surface area contributed by atoms with Gasteiger partial charge in [-0.15, -0.1) is 11.6 Å². The van der Waals surface area contributed by atoms with E-state index in [1.54, 1.807) is 0 Å². The van der Waals surface area contributed by atoms with Crippen LogP contribution in [0.25, 0.3) is 0 Å². The van der Waals surface area contributed by atoms with Crippen LogP contribution in [0.5, 0.6) is 0 Å². The van der Waals surface area contributed by atoms with Crippen molar-refractivity contribution in [3.05, 3.63) is 29.8 Å². The summed E-state index contributed by atoms with van der Waals surface area (Å²) >= 11 is 6.19. The highest BCUT2D eigenvalue weighted by atomic mass is 35.5. The third-order valence-corrected chi connectivity index (χ3v) is 3.76. The molecule has 3 nitrogen and oxygen atoms in total. The number of piperidine rings is 1. The molecule has 0 aliphatic carbocycles. The number of nitrogens with zero attached hydrogens (tertiary/aromatic N) is 1. The molecule has 84 valence electrons. The summed E-state index contributed by atoms with van der Waals surface area (Å²) < 4.78 is 0. The Bertz CT molecular complexity index is 435.